The van der Waals surface area contributed by atoms with Crippen LogP contribution >= 0.6 is 0 Å². The van der Waals surface area contributed by atoms with Crippen LogP contribution in [0.2, 0.25) is 0 Å². The molecule has 0 radical (unpaired) electrons. The molecule has 92 valence electrons. The molecule has 0 aliphatic heterocycles. The van der Waals surface area contributed by atoms with Crippen LogP contribution in [-0.2, 0) is 0 Å². The molecule has 0 heterocycles. The Morgan fingerprint density at radius 1 is 0.600 bits per heavy atom. The molecule has 0 bridgehead atoms. The maximum absolute atomic E-state index is 3.46. The van der Waals surface area contributed by atoms with Gasteiger partial charge in [-0.3, -0.25) is 0 Å². The first-order valence-corrected chi connectivity index (χ1v) is 6.83. The molecule has 0 rings (SSSR count). The minimum Gasteiger partial charge on any atom is -0.316 e. The van der Waals surface area contributed by atoms with E-state index in [9.17, 15) is 0 Å². The van der Waals surface area contributed by atoms with Gasteiger partial charge in [-0.05, 0) is 19.5 Å². The van der Waals surface area contributed by atoms with E-state index < -0.39 is 0 Å². The van der Waals surface area contributed by atoms with Gasteiger partial charge < -0.3 is 10.6 Å². The van der Waals surface area contributed by atoms with Crippen LogP contribution in [0.5, 0.6) is 0 Å². The monoisotopic (exact) mass is 214 g/mol. The van der Waals surface area contributed by atoms with Gasteiger partial charge in [0.05, 0.1) is 0 Å². The maximum atomic E-state index is 3.46. The van der Waals surface area contributed by atoms with E-state index in [1.54, 1.807) is 0 Å². The molecule has 0 saturated heterocycles. The van der Waals surface area contributed by atoms with Gasteiger partial charge in [0, 0.05) is 13.1 Å². The minimum absolute atomic E-state index is 1.08. The molecule has 0 unspecified atom stereocenters. The molecule has 0 fully saturated rings. The zero-order valence-electron chi connectivity index (χ0n) is 10.8. The average Bonchev–Trinajstić information content (AvgIpc) is 2.26. The summed E-state index contributed by atoms with van der Waals surface area (Å²) in [4.78, 5) is 0. The van der Waals surface area contributed by atoms with E-state index in [2.05, 4.69) is 24.5 Å². The lowest BCUT2D eigenvalue weighted by molar-refractivity contribution is 0.554. The number of hydrogen-bond acceptors (Lipinski definition) is 2. The highest BCUT2D eigenvalue weighted by Gasteiger charge is 1.90. The number of likely N-dealkylation sites (N-methyl/N-ethyl adjacent to an activating group) is 1. The molecule has 0 aliphatic rings. The number of rotatable bonds is 12. The molecule has 2 heteroatoms. The Hall–Kier alpha value is -0.0800. The van der Waals surface area contributed by atoms with Gasteiger partial charge in [-0.1, -0.05) is 52.4 Å². The molecule has 15 heavy (non-hydrogen) atoms. The van der Waals surface area contributed by atoms with Crippen LogP contribution in [0.4, 0.5) is 0 Å². The van der Waals surface area contributed by atoms with E-state index in [4.69, 9.17) is 0 Å². The lowest BCUT2D eigenvalue weighted by Gasteiger charge is -2.05. The van der Waals surface area contributed by atoms with Gasteiger partial charge in [0.1, 0.15) is 0 Å². The van der Waals surface area contributed by atoms with Crippen molar-refractivity contribution in [1.29, 1.82) is 0 Å². The summed E-state index contributed by atoms with van der Waals surface area (Å²) < 4.78 is 0. The van der Waals surface area contributed by atoms with E-state index in [1.165, 1.54) is 51.5 Å². The van der Waals surface area contributed by atoms with Gasteiger partial charge in [0.15, 0.2) is 0 Å². The molecule has 2 N–H and O–H groups in total. The van der Waals surface area contributed by atoms with E-state index in [-0.39, 0.29) is 0 Å². The van der Waals surface area contributed by atoms with E-state index in [1.807, 2.05) is 0 Å². The van der Waals surface area contributed by atoms with Gasteiger partial charge in [-0.25, -0.2) is 0 Å². The second-order valence-electron chi connectivity index (χ2n) is 4.22. The molecule has 0 saturated carbocycles. The summed E-state index contributed by atoms with van der Waals surface area (Å²) in [5.74, 6) is 0. The van der Waals surface area contributed by atoms with E-state index in [0.717, 1.165) is 19.6 Å². The first-order valence-electron chi connectivity index (χ1n) is 6.83. The van der Waals surface area contributed by atoms with Crippen molar-refractivity contribution in [3.8, 4) is 0 Å². The second kappa shape index (κ2) is 13.9. The topological polar surface area (TPSA) is 24.1 Å². The van der Waals surface area contributed by atoms with Gasteiger partial charge in [0.2, 0.25) is 0 Å². The molecule has 0 aromatic carbocycles. The smallest absolute Gasteiger partial charge is 0.00767 e. The Kier molecular flexibility index (Phi) is 13.8. The van der Waals surface area contributed by atoms with Gasteiger partial charge in [-0.15, -0.1) is 0 Å². The van der Waals surface area contributed by atoms with Crippen molar-refractivity contribution < 1.29 is 0 Å². The molecule has 0 aliphatic carbocycles. The zero-order valence-corrected chi connectivity index (χ0v) is 10.8. The molecule has 0 amide bonds. The van der Waals surface area contributed by atoms with E-state index in [0.29, 0.717) is 0 Å². The average molecular weight is 214 g/mol. The maximum Gasteiger partial charge on any atom is 0.00767 e. The quantitative estimate of drug-likeness (QED) is 0.488. The van der Waals surface area contributed by atoms with Gasteiger partial charge in [-0.2, -0.15) is 0 Å². The van der Waals surface area contributed by atoms with Crippen LogP contribution in [-0.4, -0.2) is 26.2 Å². The van der Waals surface area contributed by atoms with Crippen LogP contribution in [0.15, 0.2) is 0 Å². The summed E-state index contributed by atoms with van der Waals surface area (Å²) in [7, 11) is 0. The first-order chi connectivity index (χ1) is 7.41. The predicted molar refractivity (Wildman–Crippen MR) is 69.4 cm³/mol. The van der Waals surface area contributed by atoms with Gasteiger partial charge >= 0.3 is 0 Å². The van der Waals surface area contributed by atoms with Crippen molar-refractivity contribution in [3.05, 3.63) is 0 Å². The fraction of sp³-hybridized carbons (Fsp3) is 1.00. The summed E-state index contributed by atoms with van der Waals surface area (Å²) in [6, 6.07) is 0. The lowest BCUT2D eigenvalue weighted by Crippen LogP contribution is -2.27. The van der Waals surface area contributed by atoms with Crippen molar-refractivity contribution in [2.45, 2.75) is 58.8 Å². The second-order valence-corrected chi connectivity index (χ2v) is 4.22. The third-order valence-corrected chi connectivity index (χ3v) is 2.69. The Bertz CT molecular complexity index is 92.7. The van der Waals surface area contributed by atoms with Crippen molar-refractivity contribution in [1.82, 2.24) is 10.6 Å². The normalized spacial score (nSPS) is 10.8. The molecule has 2 nitrogen and oxygen atoms in total. The van der Waals surface area contributed by atoms with Crippen LogP contribution in [0.1, 0.15) is 58.8 Å². The van der Waals surface area contributed by atoms with Crippen LogP contribution in [0.25, 0.3) is 0 Å². The minimum atomic E-state index is 1.08. The Labute approximate surface area is 96.2 Å². The van der Waals surface area contributed by atoms with Crippen molar-refractivity contribution in [2.75, 3.05) is 26.2 Å². The fourth-order valence-electron chi connectivity index (χ4n) is 1.69. The standard InChI is InChI=1S/C13H30N2/c1-3-5-6-7-8-9-10-11-15-13-12-14-4-2/h14-15H,3-13H2,1-2H3. The highest BCUT2D eigenvalue weighted by molar-refractivity contribution is 4.52. The summed E-state index contributed by atoms with van der Waals surface area (Å²) in [5.41, 5.74) is 0. The Balaban J connectivity index is 2.81. The predicted octanol–water partition coefficient (Wildman–Crippen LogP) is 2.94. The largest absolute Gasteiger partial charge is 0.316 e. The summed E-state index contributed by atoms with van der Waals surface area (Å²) in [6.07, 6.45) is 9.81. The third kappa shape index (κ3) is 13.9. The molecule has 0 aromatic rings. The Morgan fingerprint density at radius 3 is 1.87 bits per heavy atom. The summed E-state index contributed by atoms with van der Waals surface area (Å²) >= 11 is 0. The summed E-state index contributed by atoms with van der Waals surface area (Å²) in [6.45, 7) is 8.92. The highest BCUT2D eigenvalue weighted by atomic mass is 14.9. The Morgan fingerprint density at radius 2 is 1.20 bits per heavy atom. The highest BCUT2D eigenvalue weighted by Crippen LogP contribution is 2.05. The van der Waals surface area contributed by atoms with Crippen molar-refractivity contribution in [2.24, 2.45) is 0 Å². The number of nitrogens with one attached hydrogen (secondary N) is 2. The SMILES string of the molecule is CCCCCCCCCNCCNCC. The van der Waals surface area contributed by atoms with Crippen LogP contribution in [0.3, 0.4) is 0 Å². The summed E-state index contributed by atoms with van der Waals surface area (Å²) in [5, 5.41) is 6.77. The van der Waals surface area contributed by atoms with E-state index >= 15 is 0 Å². The number of hydrogen-bond donors (Lipinski definition) is 2. The molecule has 0 aromatic heterocycles. The number of unbranched alkanes of at least 4 members (excludes halogenated alkanes) is 6. The van der Waals surface area contributed by atoms with Crippen molar-refractivity contribution in [3.63, 3.8) is 0 Å². The lowest BCUT2D eigenvalue weighted by atomic mass is 10.1. The van der Waals surface area contributed by atoms with Gasteiger partial charge in [0.25, 0.3) is 0 Å². The molecule has 0 spiro atoms. The molecular formula is C13H30N2. The first kappa shape index (κ1) is 14.9. The third-order valence-electron chi connectivity index (χ3n) is 2.69. The van der Waals surface area contributed by atoms with Crippen LogP contribution < -0.4 is 10.6 Å². The van der Waals surface area contributed by atoms with Crippen LogP contribution in [0, 0.1) is 0 Å². The fourth-order valence-corrected chi connectivity index (χ4v) is 1.69. The molecular weight excluding hydrogens is 184 g/mol. The zero-order chi connectivity index (χ0) is 11.2. The van der Waals surface area contributed by atoms with Crippen molar-refractivity contribution >= 4 is 0 Å². The molecule has 0 atom stereocenters.